The Morgan fingerprint density at radius 2 is 0.537 bits per heavy atom. The predicted octanol–water partition coefficient (Wildman–Crippen LogP) is 0.891. The van der Waals surface area contributed by atoms with Gasteiger partial charge in [0.05, 0.1) is 152 Å². The van der Waals surface area contributed by atoms with Gasteiger partial charge in [-0.05, 0) is 14.1 Å². The monoisotopic (exact) mass is 599 g/mol. The molecule has 0 radical (unpaired) electrons. The molecule has 41 heavy (non-hydrogen) atoms. The van der Waals surface area contributed by atoms with E-state index in [0.29, 0.717) is 145 Å². The SMILES string of the molecule is C=COCCOCCOCCOCCOCCOCCOCCOCCOCCOCCOCCOCCN(C)C. The Bertz CT molecular complexity index is 491. The lowest BCUT2D eigenvalue weighted by Gasteiger charge is -2.10. The van der Waals surface area contributed by atoms with E-state index in [9.17, 15) is 0 Å². The minimum Gasteiger partial charge on any atom is -0.499 e. The Morgan fingerprint density at radius 3 is 0.732 bits per heavy atom. The van der Waals surface area contributed by atoms with Crippen LogP contribution in [0.2, 0.25) is 0 Å². The van der Waals surface area contributed by atoms with Crippen LogP contribution in [0.15, 0.2) is 12.8 Å². The maximum absolute atomic E-state index is 5.47. The Kier molecular flexibility index (Phi) is 36.2. The molecular weight excluding hydrogens is 542 g/mol. The lowest BCUT2D eigenvalue weighted by Crippen LogP contribution is -2.19. The fourth-order valence-electron chi connectivity index (χ4n) is 2.74. The van der Waals surface area contributed by atoms with E-state index in [1.165, 1.54) is 6.26 Å². The van der Waals surface area contributed by atoms with E-state index in [2.05, 4.69) is 11.5 Å². The summed E-state index contributed by atoms with van der Waals surface area (Å²) >= 11 is 0. The molecule has 0 atom stereocenters. The molecular formula is C28H57NO12. The molecule has 0 aliphatic carbocycles. The summed E-state index contributed by atoms with van der Waals surface area (Å²) in [5.74, 6) is 0. The van der Waals surface area contributed by atoms with Crippen molar-refractivity contribution in [1.82, 2.24) is 4.90 Å². The van der Waals surface area contributed by atoms with E-state index in [-0.39, 0.29) is 0 Å². The maximum Gasteiger partial charge on any atom is 0.111 e. The number of nitrogens with zero attached hydrogens (tertiary/aromatic N) is 1. The van der Waals surface area contributed by atoms with Gasteiger partial charge in [-0.15, -0.1) is 0 Å². The van der Waals surface area contributed by atoms with E-state index >= 15 is 0 Å². The van der Waals surface area contributed by atoms with Crippen LogP contribution in [0.25, 0.3) is 0 Å². The summed E-state index contributed by atoms with van der Waals surface area (Å²) in [4.78, 5) is 2.08. The van der Waals surface area contributed by atoms with Crippen LogP contribution in [0.4, 0.5) is 0 Å². The molecule has 0 aromatic heterocycles. The molecule has 0 fully saturated rings. The number of rotatable bonds is 37. The van der Waals surface area contributed by atoms with Gasteiger partial charge >= 0.3 is 0 Å². The fourth-order valence-corrected chi connectivity index (χ4v) is 2.74. The third-order valence-corrected chi connectivity index (χ3v) is 4.87. The van der Waals surface area contributed by atoms with Gasteiger partial charge in [-0.3, -0.25) is 0 Å². The van der Waals surface area contributed by atoms with Gasteiger partial charge in [-0.1, -0.05) is 6.58 Å². The van der Waals surface area contributed by atoms with Crippen molar-refractivity contribution < 1.29 is 56.8 Å². The molecule has 13 heteroatoms. The second-order valence-electron chi connectivity index (χ2n) is 8.58. The van der Waals surface area contributed by atoms with Crippen LogP contribution in [0.5, 0.6) is 0 Å². The molecule has 0 N–H and O–H groups in total. The summed E-state index contributed by atoms with van der Waals surface area (Å²) in [5, 5.41) is 0. The zero-order valence-electron chi connectivity index (χ0n) is 25.6. The van der Waals surface area contributed by atoms with Gasteiger partial charge in [-0.25, -0.2) is 0 Å². The second kappa shape index (κ2) is 37.1. The number of ether oxygens (including phenoxy) is 12. The first-order valence-corrected chi connectivity index (χ1v) is 14.5. The molecule has 0 unspecified atom stereocenters. The average Bonchev–Trinajstić information content (AvgIpc) is 2.97. The summed E-state index contributed by atoms with van der Waals surface area (Å²) < 4.78 is 64.7. The molecule has 246 valence electrons. The lowest BCUT2D eigenvalue weighted by atomic mass is 10.6. The molecule has 0 saturated carbocycles. The van der Waals surface area contributed by atoms with Crippen molar-refractivity contribution >= 4 is 0 Å². The van der Waals surface area contributed by atoms with Gasteiger partial charge in [0.2, 0.25) is 0 Å². The van der Waals surface area contributed by atoms with Crippen LogP contribution in [-0.4, -0.2) is 177 Å². The first-order chi connectivity index (χ1) is 20.3. The summed E-state index contributed by atoms with van der Waals surface area (Å²) in [6.45, 7) is 16.7. The lowest BCUT2D eigenvalue weighted by molar-refractivity contribution is -0.0279. The molecule has 0 rings (SSSR count). The highest BCUT2D eigenvalue weighted by molar-refractivity contribution is 4.47. The van der Waals surface area contributed by atoms with Crippen LogP contribution in [-0.2, 0) is 56.8 Å². The summed E-state index contributed by atoms with van der Waals surface area (Å²) in [6.07, 6.45) is 1.40. The molecule has 0 spiro atoms. The van der Waals surface area contributed by atoms with Crippen molar-refractivity contribution in [3.63, 3.8) is 0 Å². The molecule has 0 aromatic carbocycles. The number of likely N-dealkylation sites (N-methyl/N-ethyl adjacent to an activating group) is 1. The predicted molar refractivity (Wildman–Crippen MR) is 154 cm³/mol. The highest BCUT2D eigenvalue weighted by atomic mass is 16.6. The second-order valence-corrected chi connectivity index (χ2v) is 8.58. The minimum absolute atomic E-state index is 0.503. The van der Waals surface area contributed by atoms with Crippen molar-refractivity contribution in [3.05, 3.63) is 12.8 Å². The summed E-state index contributed by atoms with van der Waals surface area (Å²) in [6, 6.07) is 0. The van der Waals surface area contributed by atoms with Crippen molar-refractivity contribution in [2.24, 2.45) is 0 Å². The first kappa shape index (κ1) is 40.1. The number of hydrogen-bond acceptors (Lipinski definition) is 13. The van der Waals surface area contributed by atoms with Gasteiger partial charge < -0.3 is 61.7 Å². The average molecular weight is 600 g/mol. The zero-order valence-corrected chi connectivity index (χ0v) is 25.6. The van der Waals surface area contributed by atoms with Gasteiger partial charge in [0, 0.05) is 6.54 Å². The largest absolute Gasteiger partial charge is 0.499 e. The maximum atomic E-state index is 5.47. The third-order valence-electron chi connectivity index (χ3n) is 4.87. The third kappa shape index (κ3) is 39.1. The molecule has 0 heterocycles. The standard InChI is InChI=1S/C28H57NO12/c1-4-30-7-8-32-11-12-34-15-16-36-19-20-38-23-24-40-27-28-41-26-25-39-22-21-37-18-17-35-14-13-33-10-9-31-6-5-29(2)3/h4H,1,5-28H2,2-3H3. The normalized spacial score (nSPS) is 11.5. The molecule has 0 aromatic rings. The van der Waals surface area contributed by atoms with Gasteiger partial charge in [-0.2, -0.15) is 0 Å². The number of hydrogen-bond donors (Lipinski definition) is 0. The molecule has 0 aliphatic heterocycles. The Balaban J connectivity index is 3.03. The molecule has 13 nitrogen and oxygen atoms in total. The summed E-state index contributed by atoms with van der Waals surface area (Å²) in [7, 11) is 4.04. The van der Waals surface area contributed by atoms with Crippen LogP contribution in [0.1, 0.15) is 0 Å². The van der Waals surface area contributed by atoms with Crippen molar-refractivity contribution in [2.75, 3.05) is 173 Å². The first-order valence-electron chi connectivity index (χ1n) is 14.5. The molecule has 0 bridgehead atoms. The van der Waals surface area contributed by atoms with Crippen molar-refractivity contribution in [3.8, 4) is 0 Å². The minimum atomic E-state index is 0.503. The Hall–Kier alpha value is -0.940. The van der Waals surface area contributed by atoms with E-state index in [4.69, 9.17) is 56.8 Å². The van der Waals surface area contributed by atoms with Crippen LogP contribution in [0.3, 0.4) is 0 Å². The Morgan fingerprint density at radius 1 is 0.341 bits per heavy atom. The van der Waals surface area contributed by atoms with Crippen molar-refractivity contribution in [1.29, 1.82) is 0 Å². The van der Waals surface area contributed by atoms with Crippen LogP contribution >= 0.6 is 0 Å². The molecule has 0 saturated heterocycles. The topological polar surface area (TPSA) is 114 Å². The van der Waals surface area contributed by atoms with Gasteiger partial charge in [0.25, 0.3) is 0 Å². The zero-order chi connectivity index (χ0) is 29.7. The van der Waals surface area contributed by atoms with E-state index < -0.39 is 0 Å². The van der Waals surface area contributed by atoms with E-state index in [1.807, 2.05) is 14.1 Å². The Labute approximate surface area is 247 Å². The highest BCUT2D eigenvalue weighted by Gasteiger charge is 1.96. The summed E-state index contributed by atoms with van der Waals surface area (Å²) in [5.41, 5.74) is 0. The smallest absolute Gasteiger partial charge is 0.111 e. The fraction of sp³-hybridized carbons (Fsp3) is 0.929. The van der Waals surface area contributed by atoms with Crippen LogP contribution in [0, 0.1) is 0 Å². The van der Waals surface area contributed by atoms with Crippen molar-refractivity contribution in [2.45, 2.75) is 0 Å². The van der Waals surface area contributed by atoms with E-state index in [1.54, 1.807) is 0 Å². The van der Waals surface area contributed by atoms with Gasteiger partial charge in [0.15, 0.2) is 0 Å². The van der Waals surface area contributed by atoms with E-state index in [0.717, 1.165) is 13.2 Å². The molecule has 0 aliphatic rings. The van der Waals surface area contributed by atoms with Crippen LogP contribution < -0.4 is 0 Å². The molecule has 0 amide bonds. The quantitative estimate of drug-likeness (QED) is 0.0745. The van der Waals surface area contributed by atoms with Gasteiger partial charge in [0.1, 0.15) is 6.61 Å². The highest BCUT2D eigenvalue weighted by Crippen LogP contribution is 1.87.